The summed E-state index contributed by atoms with van der Waals surface area (Å²) in [6.07, 6.45) is -2.82. The van der Waals surface area contributed by atoms with Gasteiger partial charge in [0.15, 0.2) is 35.4 Å². The third-order valence-corrected chi connectivity index (χ3v) is 2.80. The van der Waals surface area contributed by atoms with Crippen LogP contribution >= 0.6 is 0 Å². The Balaban J connectivity index is 3.32. The molecule has 0 aliphatic heterocycles. The average Bonchev–Trinajstić information content (AvgIpc) is 2.49. The molecule has 0 aromatic heterocycles. The lowest BCUT2D eigenvalue weighted by molar-refractivity contribution is -0.165. The van der Waals surface area contributed by atoms with Crippen LogP contribution in [0.5, 0.6) is 0 Å². The summed E-state index contributed by atoms with van der Waals surface area (Å²) in [5.74, 6) is -13.4. The van der Waals surface area contributed by atoms with E-state index in [-0.39, 0.29) is 19.3 Å². The maximum absolute atomic E-state index is 14.4. The van der Waals surface area contributed by atoms with Gasteiger partial charge in [-0.1, -0.05) is 0 Å². The van der Waals surface area contributed by atoms with Crippen molar-refractivity contribution in [2.45, 2.75) is 20.0 Å². The smallest absolute Gasteiger partial charge is 0.323 e. The normalized spacial score (nSPS) is 12.2. The molecule has 23 heavy (non-hydrogen) atoms. The highest BCUT2D eigenvalue weighted by atomic mass is 19.2. The molecule has 0 N–H and O–H groups in total. The average molecular weight is 340 g/mol. The first-order chi connectivity index (χ1) is 10.8. The second kappa shape index (κ2) is 7.89. The minimum absolute atomic E-state index is 0.0316. The summed E-state index contributed by atoms with van der Waals surface area (Å²) in [5, 5.41) is 0. The minimum Gasteiger partial charge on any atom is -0.465 e. The molecule has 0 aliphatic rings. The molecule has 0 spiro atoms. The lowest BCUT2D eigenvalue weighted by Crippen LogP contribution is -2.32. The van der Waals surface area contributed by atoms with Gasteiger partial charge in [0, 0.05) is 5.56 Å². The SMILES string of the molecule is CCOC(=O)C(C(=O)OCC)C(F)c1cc(F)c(F)c(F)c1F. The molecule has 1 unspecified atom stereocenters. The molecule has 0 heterocycles. The van der Waals surface area contributed by atoms with Crippen molar-refractivity contribution in [2.75, 3.05) is 13.2 Å². The van der Waals surface area contributed by atoms with E-state index < -0.39 is 52.9 Å². The van der Waals surface area contributed by atoms with E-state index in [1.54, 1.807) is 0 Å². The Morgan fingerprint density at radius 2 is 1.43 bits per heavy atom. The number of rotatable bonds is 6. The quantitative estimate of drug-likeness (QED) is 0.263. The molecule has 0 saturated carbocycles. The Morgan fingerprint density at radius 1 is 0.957 bits per heavy atom. The van der Waals surface area contributed by atoms with Gasteiger partial charge in [-0.25, -0.2) is 22.0 Å². The molecule has 0 aliphatic carbocycles. The van der Waals surface area contributed by atoms with Gasteiger partial charge in [-0.05, 0) is 19.9 Å². The Kier molecular flexibility index (Phi) is 6.47. The van der Waals surface area contributed by atoms with Crippen molar-refractivity contribution in [1.82, 2.24) is 0 Å². The molecule has 0 radical (unpaired) electrons. The molecule has 4 nitrogen and oxygen atoms in total. The van der Waals surface area contributed by atoms with E-state index >= 15 is 0 Å². The zero-order valence-electron chi connectivity index (χ0n) is 12.2. The van der Waals surface area contributed by atoms with Crippen LogP contribution in [0.2, 0.25) is 0 Å². The molecule has 0 saturated heterocycles. The van der Waals surface area contributed by atoms with E-state index in [1.165, 1.54) is 13.8 Å². The van der Waals surface area contributed by atoms with Gasteiger partial charge in [-0.2, -0.15) is 0 Å². The number of carbonyl (C=O) groups is 2. The van der Waals surface area contributed by atoms with E-state index in [4.69, 9.17) is 0 Å². The third kappa shape index (κ3) is 3.96. The number of ether oxygens (including phenoxy) is 2. The number of hydrogen-bond acceptors (Lipinski definition) is 4. The number of carbonyl (C=O) groups excluding carboxylic acids is 2. The Hall–Kier alpha value is -2.19. The van der Waals surface area contributed by atoms with Crippen LogP contribution in [-0.4, -0.2) is 25.2 Å². The number of hydrogen-bond donors (Lipinski definition) is 0. The van der Waals surface area contributed by atoms with Gasteiger partial charge < -0.3 is 9.47 Å². The summed E-state index contributed by atoms with van der Waals surface area (Å²) >= 11 is 0. The van der Waals surface area contributed by atoms with Crippen molar-refractivity contribution in [3.8, 4) is 0 Å². The van der Waals surface area contributed by atoms with E-state index in [9.17, 15) is 31.5 Å². The lowest BCUT2D eigenvalue weighted by Gasteiger charge is -2.19. The molecular weight excluding hydrogens is 327 g/mol. The van der Waals surface area contributed by atoms with Gasteiger partial charge in [0.2, 0.25) is 0 Å². The van der Waals surface area contributed by atoms with Crippen LogP contribution in [0.4, 0.5) is 22.0 Å². The fourth-order valence-corrected chi connectivity index (χ4v) is 1.77. The second-order valence-corrected chi connectivity index (χ2v) is 4.27. The molecular formula is C14H13F5O4. The Morgan fingerprint density at radius 3 is 1.87 bits per heavy atom. The topological polar surface area (TPSA) is 52.6 Å². The van der Waals surface area contributed by atoms with E-state index in [0.29, 0.717) is 0 Å². The van der Waals surface area contributed by atoms with Crippen molar-refractivity contribution in [1.29, 1.82) is 0 Å². The summed E-state index contributed by atoms with van der Waals surface area (Å²) < 4.78 is 76.2. The molecule has 0 bridgehead atoms. The second-order valence-electron chi connectivity index (χ2n) is 4.27. The van der Waals surface area contributed by atoms with Crippen molar-refractivity contribution in [3.63, 3.8) is 0 Å². The monoisotopic (exact) mass is 340 g/mol. The highest BCUT2D eigenvalue weighted by Crippen LogP contribution is 2.33. The van der Waals surface area contributed by atoms with Crippen LogP contribution in [0, 0.1) is 29.2 Å². The number of alkyl halides is 1. The van der Waals surface area contributed by atoms with E-state index in [0.717, 1.165) is 0 Å². The van der Waals surface area contributed by atoms with Crippen LogP contribution in [0.1, 0.15) is 25.6 Å². The molecule has 9 heteroatoms. The zero-order chi connectivity index (χ0) is 17.7. The first kappa shape index (κ1) is 18.9. The largest absolute Gasteiger partial charge is 0.465 e. The predicted octanol–water partition coefficient (Wildman–Crippen LogP) is 3.00. The summed E-state index contributed by atoms with van der Waals surface area (Å²) in [6.45, 7) is 2.28. The molecule has 1 atom stereocenters. The zero-order valence-corrected chi connectivity index (χ0v) is 12.2. The van der Waals surface area contributed by atoms with E-state index in [2.05, 4.69) is 9.47 Å². The van der Waals surface area contributed by atoms with Gasteiger partial charge in [-0.3, -0.25) is 9.59 Å². The van der Waals surface area contributed by atoms with Gasteiger partial charge in [0.05, 0.1) is 13.2 Å². The Bertz CT molecular complexity index is 587. The van der Waals surface area contributed by atoms with Crippen molar-refractivity contribution in [3.05, 3.63) is 34.9 Å². The van der Waals surface area contributed by atoms with Crippen LogP contribution < -0.4 is 0 Å². The standard InChI is InChI=1S/C14H13F5O4/c1-3-22-13(20)8(14(21)23-4-2)9(16)6-5-7(15)11(18)12(19)10(6)17/h5,8-9H,3-4H2,1-2H3. The maximum Gasteiger partial charge on any atom is 0.323 e. The minimum atomic E-state index is -2.82. The van der Waals surface area contributed by atoms with Crippen molar-refractivity contribution in [2.24, 2.45) is 5.92 Å². The molecule has 0 amide bonds. The fourth-order valence-electron chi connectivity index (χ4n) is 1.77. The fraction of sp³-hybridized carbons (Fsp3) is 0.429. The Labute approximate surface area is 128 Å². The van der Waals surface area contributed by atoms with Gasteiger partial charge in [0.25, 0.3) is 0 Å². The summed E-state index contributed by atoms with van der Waals surface area (Å²) in [6, 6.07) is 0.0316. The summed E-state index contributed by atoms with van der Waals surface area (Å²) in [4.78, 5) is 23.4. The lowest BCUT2D eigenvalue weighted by atomic mass is 9.96. The number of benzene rings is 1. The van der Waals surface area contributed by atoms with Crippen LogP contribution in [0.15, 0.2) is 6.07 Å². The summed E-state index contributed by atoms with van der Waals surface area (Å²) in [5.41, 5.74) is -1.33. The van der Waals surface area contributed by atoms with Crippen LogP contribution in [-0.2, 0) is 19.1 Å². The molecule has 1 aromatic carbocycles. The highest BCUT2D eigenvalue weighted by Gasteiger charge is 2.41. The number of halogens is 5. The van der Waals surface area contributed by atoms with Gasteiger partial charge in [-0.15, -0.1) is 0 Å². The van der Waals surface area contributed by atoms with Gasteiger partial charge in [0.1, 0.15) is 0 Å². The maximum atomic E-state index is 14.4. The van der Waals surface area contributed by atoms with Crippen LogP contribution in [0.25, 0.3) is 0 Å². The summed E-state index contributed by atoms with van der Waals surface area (Å²) in [7, 11) is 0. The molecule has 1 aromatic rings. The van der Waals surface area contributed by atoms with Crippen molar-refractivity contribution >= 4 is 11.9 Å². The van der Waals surface area contributed by atoms with Gasteiger partial charge >= 0.3 is 11.9 Å². The van der Waals surface area contributed by atoms with E-state index in [1.807, 2.05) is 0 Å². The first-order valence-electron chi connectivity index (χ1n) is 6.56. The predicted molar refractivity (Wildman–Crippen MR) is 66.9 cm³/mol. The molecule has 128 valence electrons. The molecule has 1 rings (SSSR count). The van der Waals surface area contributed by atoms with Crippen molar-refractivity contribution < 1.29 is 41.0 Å². The third-order valence-electron chi connectivity index (χ3n) is 2.80. The molecule has 0 fully saturated rings. The first-order valence-corrected chi connectivity index (χ1v) is 6.56. The number of esters is 2. The highest BCUT2D eigenvalue weighted by molar-refractivity contribution is 5.95. The van der Waals surface area contributed by atoms with Crippen LogP contribution in [0.3, 0.4) is 0 Å².